The van der Waals surface area contributed by atoms with Crippen LogP contribution in [0.2, 0.25) is 0 Å². The second-order valence-electron chi connectivity index (χ2n) is 6.53. The molecule has 0 atom stereocenters. The van der Waals surface area contributed by atoms with Gasteiger partial charge in [0.15, 0.2) is 0 Å². The molecule has 2 fully saturated rings. The van der Waals surface area contributed by atoms with Gasteiger partial charge in [-0.05, 0) is 50.9 Å². The summed E-state index contributed by atoms with van der Waals surface area (Å²) in [7, 11) is 2.17. The molecule has 0 aromatic heterocycles. The van der Waals surface area contributed by atoms with Gasteiger partial charge in [-0.15, -0.1) is 0 Å². The fourth-order valence-electron chi connectivity index (χ4n) is 3.67. The van der Waals surface area contributed by atoms with Crippen LogP contribution < -0.4 is 10.2 Å². The van der Waals surface area contributed by atoms with Crippen molar-refractivity contribution in [1.82, 2.24) is 10.2 Å². The van der Waals surface area contributed by atoms with E-state index in [2.05, 4.69) is 52.5 Å². The Bertz CT molecular complexity index is 476. The summed E-state index contributed by atoms with van der Waals surface area (Å²) in [5.41, 5.74) is 1.27. The van der Waals surface area contributed by atoms with Crippen LogP contribution in [0.1, 0.15) is 25.7 Å². The quantitative estimate of drug-likeness (QED) is 0.929. The molecule has 2 heterocycles. The Labute approximate surface area is 133 Å². The van der Waals surface area contributed by atoms with Gasteiger partial charge in [-0.1, -0.05) is 18.2 Å². The van der Waals surface area contributed by atoms with Gasteiger partial charge in [0, 0.05) is 37.8 Å². The Morgan fingerprint density at radius 3 is 2.36 bits per heavy atom. The smallest absolute Gasteiger partial charge is 0.225 e. The predicted octanol–water partition coefficient (Wildman–Crippen LogP) is 2.11. The number of rotatable bonds is 3. The number of hydrogen-bond donors (Lipinski definition) is 1. The average Bonchev–Trinajstić information content (AvgIpc) is 2.62. The van der Waals surface area contributed by atoms with E-state index in [4.69, 9.17) is 0 Å². The van der Waals surface area contributed by atoms with E-state index in [0.29, 0.717) is 11.9 Å². The van der Waals surface area contributed by atoms with Gasteiger partial charge in [-0.3, -0.25) is 4.79 Å². The first-order valence-corrected chi connectivity index (χ1v) is 8.53. The van der Waals surface area contributed by atoms with Crippen LogP contribution in [0.3, 0.4) is 0 Å². The summed E-state index contributed by atoms with van der Waals surface area (Å²) in [4.78, 5) is 17.1. The zero-order valence-corrected chi connectivity index (χ0v) is 13.5. The summed E-state index contributed by atoms with van der Waals surface area (Å²) >= 11 is 0. The largest absolute Gasteiger partial charge is 0.371 e. The molecule has 4 heteroatoms. The number of benzene rings is 1. The Hall–Kier alpha value is -1.55. The van der Waals surface area contributed by atoms with Gasteiger partial charge in [0.2, 0.25) is 5.91 Å². The molecule has 0 bridgehead atoms. The third-order valence-corrected chi connectivity index (χ3v) is 5.18. The molecule has 22 heavy (non-hydrogen) atoms. The molecule has 0 unspecified atom stereocenters. The molecule has 1 aromatic rings. The molecule has 4 nitrogen and oxygen atoms in total. The topological polar surface area (TPSA) is 35.6 Å². The molecule has 1 N–H and O–H groups in total. The molecule has 1 aromatic carbocycles. The Morgan fingerprint density at radius 2 is 1.73 bits per heavy atom. The van der Waals surface area contributed by atoms with Gasteiger partial charge >= 0.3 is 0 Å². The highest BCUT2D eigenvalue weighted by Crippen LogP contribution is 2.24. The minimum Gasteiger partial charge on any atom is -0.371 e. The lowest BCUT2D eigenvalue weighted by molar-refractivity contribution is -0.137. The Balaban J connectivity index is 1.52. The van der Waals surface area contributed by atoms with E-state index >= 15 is 0 Å². The number of anilines is 1. The average molecular weight is 301 g/mol. The van der Waals surface area contributed by atoms with Crippen LogP contribution in [0, 0.1) is 5.92 Å². The van der Waals surface area contributed by atoms with Crippen LogP contribution >= 0.6 is 0 Å². The second-order valence-corrected chi connectivity index (χ2v) is 6.53. The van der Waals surface area contributed by atoms with Crippen LogP contribution in [0.4, 0.5) is 5.69 Å². The molecule has 0 spiro atoms. The van der Waals surface area contributed by atoms with Gasteiger partial charge in [0.05, 0.1) is 0 Å². The minimum atomic E-state index is 0.254. The second kappa shape index (κ2) is 7.14. The summed E-state index contributed by atoms with van der Waals surface area (Å²) in [5.74, 6) is 0.645. The van der Waals surface area contributed by atoms with E-state index in [0.717, 1.165) is 51.9 Å². The molecule has 1 amide bonds. The van der Waals surface area contributed by atoms with Gasteiger partial charge < -0.3 is 15.1 Å². The number of likely N-dealkylation sites (tertiary alicyclic amines) is 1. The third kappa shape index (κ3) is 3.43. The molecular formula is C18H27N3O. The zero-order chi connectivity index (χ0) is 15.4. The molecule has 2 saturated heterocycles. The maximum atomic E-state index is 12.6. The zero-order valence-electron chi connectivity index (χ0n) is 13.5. The van der Waals surface area contributed by atoms with Crippen molar-refractivity contribution in [2.45, 2.75) is 31.7 Å². The van der Waals surface area contributed by atoms with Crippen LogP contribution in [-0.4, -0.2) is 50.1 Å². The number of hydrogen-bond acceptors (Lipinski definition) is 3. The SMILES string of the molecule is CN(c1ccccc1)C1CCN(C(=O)C2CCNCC2)CC1. The minimum absolute atomic E-state index is 0.254. The van der Waals surface area contributed by atoms with E-state index in [9.17, 15) is 4.79 Å². The highest BCUT2D eigenvalue weighted by molar-refractivity contribution is 5.79. The normalized spacial score (nSPS) is 20.9. The maximum absolute atomic E-state index is 12.6. The van der Waals surface area contributed by atoms with Crippen molar-refractivity contribution < 1.29 is 4.79 Å². The fourth-order valence-corrected chi connectivity index (χ4v) is 3.67. The first kappa shape index (κ1) is 15.3. The monoisotopic (exact) mass is 301 g/mol. The van der Waals surface area contributed by atoms with Gasteiger partial charge in [-0.2, -0.15) is 0 Å². The molecule has 0 aliphatic carbocycles. The summed E-state index contributed by atoms with van der Waals surface area (Å²) < 4.78 is 0. The first-order chi connectivity index (χ1) is 10.8. The number of nitrogens with zero attached hydrogens (tertiary/aromatic N) is 2. The van der Waals surface area contributed by atoms with Crippen LogP contribution in [-0.2, 0) is 4.79 Å². The molecule has 120 valence electrons. The summed E-state index contributed by atoms with van der Waals surface area (Å²) in [5, 5.41) is 3.34. The molecule has 0 saturated carbocycles. The van der Waals surface area contributed by atoms with Gasteiger partial charge in [0.1, 0.15) is 0 Å². The highest BCUT2D eigenvalue weighted by atomic mass is 16.2. The number of nitrogens with one attached hydrogen (secondary N) is 1. The summed E-state index contributed by atoms with van der Waals surface area (Å²) in [6.07, 6.45) is 4.15. The van der Waals surface area contributed by atoms with Crippen molar-refractivity contribution in [3.05, 3.63) is 30.3 Å². The number of piperidine rings is 2. The molecule has 2 aliphatic heterocycles. The van der Waals surface area contributed by atoms with E-state index in [1.807, 2.05) is 0 Å². The summed E-state index contributed by atoms with van der Waals surface area (Å²) in [6.45, 7) is 3.79. The van der Waals surface area contributed by atoms with Gasteiger partial charge in [0.25, 0.3) is 0 Å². The van der Waals surface area contributed by atoms with Crippen LogP contribution in [0.25, 0.3) is 0 Å². The van der Waals surface area contributed by atoms with Crippen molar-refractivity contribution >= 4 is 11.6 Å². The first-order valence-electron chi connectivity index (χ1n) is 8.53. The molecular weight excluding hydrogens is 274 g/mol. The van der Waals surface area contributed by atoms with E-state index < -0.39 is 0 Å². The van der Waals surface area contributed by atoms with Crippen molar-refractivity contribution in [3.8, 4) is 0 Å². The standard InChI is InChI=1S/C18H27N3O/c1-20(16-5-3-2-4-6-16)17-9-13-21(14-10-17)18(22)15-7-11-19-12-8-15/h2-6,15,17,19H,7-14H2,1H3. The predicted molar refractivity (Wildman–Crippen MR) is 90.0 cm³/mol. The number of amides is 1. The summed E-state index contributed by atoms with van der Waals surface area (Å²) in [6, 6.07) is 11.1. The van der Waals surface area contributed by atoms with E-state index in [1.54, 1.807) is 0 Å². The molecule has 3 rings (SSSR count). The lowest BCUT2D eigenvalue weighted by atomic mass is 9.94. The van der Waals surface area contributed by atoms with E-state index in [-0.39, 0.29) is 5.92 Å². The Kier molecular flexibility index (Phi) is 4.98. The van der Waals surface area contributed by atoms with Crippen molar-refractivity contribution in [3.63, 3.8) is 0 Å². The number of para-hydroxylation sites is 1. The van der Waals surface area contributed by atoms with Crippen LogP contribution in [0.5, 0.6) is 0 Å². The van der Waals surface area contributed by atoms with E-state index in [1.165, 1.54) is 5.69 Å². The third-order valence-electron chi connectivity index (χ3n) is 5.18. The van der Waals surface area contributed by atoms with Gasteiger partial charge in [-0.25, -0.2) is 0 Å². The van der Waals surface area contributed by atoms with Crippen molar-refractivity contribution in [1.29, 1.82) is 0 Å². The Morgan fingerprint density at radius 1 is 1.09 bits per heavy atom. The number of carbonyl (C=O) groups is 1. The van der Waals surface area contributed by atoms with Crippen molar-refractivity contribution in [2.75, 3.05) is 38.1 Å². The van der Waals surface area contributed by atoms with Crippen molar-refractivity contribution in [2.24, 2.45) is 5.92 Å². The lowest BCUT2D eigenvalue weighted by Gasteiger charge is -2.39. The number of carbonyl (C=O) groups excluding carboxylic acids is 1. The maximum Gasteiger partial charge on any atom is 0.225 e. The molecule has 0 radical (unpaired) electrons. The van der Waals surface area contributed by atoms with Crippen LogP contribution in [0.15, 0.2) is 30.3 Å². The fraction of sp³-hybridized carbons (Fsp3) is 0.611. The molecule has 2 aliphatic rings. The highest BCUT2D eigenvalue weighted by Gasteiger charge is 2.30. The lowest BCUT2D eigenvalue weighted by Crippen LogP contribution is -2.48.